The Morgan fingerprint density at radius 2 is 2.00 bits per heavy atom. The lowest BCUT2D eigenvalue weighted by Gasteiger charge is -2.23. The van der Waals surface area contributed by atoms with Crippen LogP contribution in [-0.4, -0.2) is 28.8 Å². The van der Waals surface area contributed by atoms with E-state index in [4.69, 9.17) is 9.26 Å². The van der Waals surface area contributed by atoms with Crippen LogP contribution in [0.2, 0.25) is 0 Å². The highest BCUT2D eigenvalue weighted by Crippen LogP contribution is 2.36. The quantitative estimate of drug-likeness (QED) is 0.896. The van der Waals surface area contributed by atoms with Gasteiger partial charge < -0.3 is 14.6 Å². The summed E-state index contributed by atoms with van der Waals surface area (Å²) >= 11 is 0. The molecule has 4 atom stereocenters. The fourth-order valence-electron chi connectivity index (χ4n) is 4.08. The molecule has 1 aromatic heterocycles. The molecule has 1 aromatic carbocycles. The Bertz CT molecular complexity index is 703. The fourth-order valence-corrected chi connectivity index (χ4v) is 4.08. The van der Waals surface area contributed by atoms with Crippen molar-refractivity contribution in [3.63, 3.8) is 0 Å². The highest BCUT2D eigenvalue weighted by Gasteiger charge is 2.33. The van der Waals surface area contributed by atoms with Crippen molar-refractivity contribution in [1.82, 2.24) is 15.5 Å². The van der Waals surface area contributed by atoms with Crippen molar-refractivity contribution in [2.24, 2.45) is 0 Å². The molecule has 134 valence electrons. The minimum atomic E-state index is -0.173. The summed E-state index contributed by atoms with van der Waals surface area (Å²) in [4.78, 5) is 4.27. The van der Waals surface area contributed by atoms with Gasteiger partial charge in [-0.15, -0.1) is 0 Å². The van der Waals surface area contributed by atoms with Crippen LogP contribution in [0.3, 0.4) is 0 Å². The first-order valence-electron chi connectivity index (χ1n) is 9.13. The van der Waals surface area contributed by atoms with Crippen molar-refractivity contribution >= 4 is 0 Å². The van der Waals surface area contributed by atoms with E-state index in [9.17, 15) is 4.39 Å². The summed E-state index contributed by atoms with van der Waals surface area (Å²) in [5.74, 6) is 1.52. The number of nitrogens with zero attached hydrogens (tertiary/aromatic N) is 2. The lowest BCUT2D eigenvalue weighted by molar-refractivity contribution is 0.0251. The van der Waals surface area contributed by atoms with Crippen molar-refractivity contribution in [2.45, 2.75) is 63.2 Å². The number of hydrogen-bond acceptors (Lipinski definition) is 5. The Morgan fingerprint density at radius 3 is 2.76 bits per heavy atom. The minimum Gasteiger partial charge on any atom is -0.364 e. The van der Waals surface area contributed by atoms with Crippen LogP contribution in [0, 0.1) is 12.7 Å². The third-order valence-corrected chi connectivity index (χ3v) is 5.35. The molecule has 2 heterocycles. The van der Waals surface area contributed by atoms with E-state index in [1.807, 2.05) is 19.1 Å². The maximum Gasteiger partial charge on any atom is 0.255 e. The van der Waals surface area contributed by atoms with Gasteiger partial charge in [-0.3, -0.25) is 0 Å². The maximum absolute atomic E-state index is 13.2. The second-order valence-corrected chi connectivity index (χ2v) is 7.11. The average Bonchev–Trinajstić information content (AvgIpc) is 3.33. The Kier molecular flexibility index (Phi) is 4.81. The molecular weight excluding hydrogens is 321 g/mol. The molecule has 2 aliphatic rings. The van der Waals surface area contributed by atoms with E-state index in [2.05, 4.69) is 15.5 Å². The lowest BCUT2D eigenvalue weighted by atomic mass is 9.94. The molecule has 1 N–H and O–H groups in total. The summed E-state index contributed by atoms with van der Waals surface area (Å²) in [6.07, 6.45) is 5.51. The fraction of sp³-hybridized carbons (Fsp3) is 0.579. The van der Waals surface area contributed by atoms with E-state index in [0.29, 0.717) is 23.7 Å². The monoisotopic (exact) mass is 345 g/mol. The first-order valence-corrected chi connectivity index (χ1v) is 9.13. The summed E-state index contributed by atoms with van der Waals surface area (Å²) in [7, 11) is 0. The van der Waals surface area contributed by atoms with E-state index in [1.54, 1.807) is 12.1 Å². The van der Waals surface area contributed by atoms with Crippen LogP contribution in [0.15, 0.2) is 28.8 Å². The molecule has 5 nitrogen and oxygen atoms in total. The maximum atomic E-state index is 13.2. The largest absolute Gasteiger partial charge is 0.364 e. The van der Waals surface area contributed by atoms with Gasteiger partial charge in [0, 0.05) is 12.6 Å². The Labute approximate surface area is 147 Å². The Balaban J connectivity index is 1.31. The standard InChI is InChI=1S/C19H24FN3O2/c1-12-22-19(25-23-12)18-10-9-15(24-18)11-21-17-4-2-3-16(17)13-5-7-14(20)8-6-13/h5-8,15-18,21H,2-4,9-11H2,1H3/t15-,16-,17+,18+/m1/s1. The number of rotatable bonds is 5. The molecule has 2 aromatic rings. The Morgan fingerprint density at radius 1 is 1.16 bits per heavy atom. The number of aromatic nitrogens is 2. The van der Waals surface area contributed by atoms with Gasteiger partial charge in [-0.05, 0) is 56.2 Å². The van der Waals surface area contributed by atoms with Gasteiger partial charge in [0.1, 0.15) is 11.9 Å². The molecule has 0 bridgehead atoms. The van der Waals surface area contributed by atoms with Gasteiger partial charge in [0.25, 0.3) is 5.89 Å². The van der Waals surface area contributed by atoms with Gasteiger partial charge in [-0.25, -0.2) is 4.39 Å². The molecule has 1 aliphatic carbocycles. The van der Waals surface area contributed by atoms with Gasteiger partial charge in [0.05, 0.1) is 6.10 Å². The zero-order valence-electron chi connectivity index (χ0n) is 14.5. The molecule has 1 aliphatic heterocycles. The van der Waals surface area contributed by atoms with E-state index in [0.717, 1.165) is 32.2 Å². The van der Waals surface area contributed by atoms with Crippen molar-refractivity contribution in [3.05, 3.63) is 47.4 Å². The number of hydrogen-bond donors (Lipinski definition) is 1. The van der Waals surface area contributed by atoms with Crippen LogP contribution < -0.4 is 5.32 Å². The number of benzene rings is 1. The third-order valence-electron chi connectivity index (χ3n) is 5.35. The second kappa shape index (κ2) is 7.22. The van der Waals surface area contributed by atoms with Crippen LogP contribution in [0.4, 0.5) is 4.39 Å². The molecule has 0 spiro atoms. The summed E-state index contributed by atoms with van der Waals surface area (Å²) in [6.45, 7) is 2.64. The highest BCUT2D eigenvalue weighted by molar-refractivity contribution is 5.23. The van der Waals surface area contributed by atoms with E-state index in [1.165, 1.54) is 12.0 Å². The first-order chi connectivity index (χ1) is 12.2. The van der Waals surface area contributed by atoms with E-state index >= 15 is 0 Å². The lowest BCUT2D eigenvalue weighted by Crippen LogP contribution is -2.37. The van der Waals surface area contributed by atoms with Gasteiger partial charge in [-0.2, -0.15) is 4.98 Å². The average molecular weight is 345 g/mol. The molecule has 4 rings (SSSR count). The SMILES string of the molecule is Cc1noc([C@@H]2CC[C@H](CN[C@H]3CCC[C@@H]3c3ccc(F)cc3)O2)n1. The van der Waals surface area contributed by atoms with Gasteiger partial charge in [0.2, 0.25) is 0 Å². The zero-order chi connectivity index (χ0) is 17.2. The Hall–Kier alpha value is -1.79. The third kappa shape index (κ3) is 3.75. The number of ether oxygens (including phenoxy) is 1. The molecule has 0 unspecified atom stereocenters. The van der Waals surface area contributed by atoms with Gasteiger partial charge in [0.15, 0.2) is 5.82 Å². The molecular formula is C19H24FN3O2. The predicted octanol–water partition coefficient (Wildman–Crippen LogP) is 3.66. The van der Waals surface area contributed by atoms with Crippen molar-refractivity contribution in [2.75, 3.05) is 6.54 Å². The van der Waals surface area contributed by atoms with Crippen LogP contribution >= 0.6 is 0 Å². The van der Waals surface area contributed by atoms with E-state index < -0.39 is 0 Å². The normalized spacial score (nSPS) is 29.4. The predicted molar refractivity (Wildman–Crippen MR) is 90.7 cm³/mol. The smallest absolute Gasteiger partial charge is 0.255 e. The molecule has 1 saturated carbocycles. The topological polar surface area (TPSA) is 60.2 Å². The van der Waals surface area contributed by atoms with Gasteiger partial charge >= 0.3 is 0 Å². The summed E-state index contributed by atoms with van der Waals surface area (Å²) in [5.41, 5.74) is 1.22. The number of halogens is 1. The summed E-state index contributed by atoms with van der Waals surface area (Å²) < 4.78 is 24.4. The molecule has 6 heteroatoms. The zero-order valence-corrected chi connectivity index (χ0v) is 14.5. The molecule has 1 saturated heterocycles. The second-order valence-electron chi connectivity index (χ2n) is 7.11. The van der Waals surface area contributed by atoms with Crippen LogP contribution in [0.1, 0.15) is 61.4 Å². The summed E-state index contributed by atoms with van der Waals surface area (Å²) in [5, 5.41) is 7.52. The minimum absolute atomic E-state index is 0.0792. The number of aryl methyl sites for hydroxylation is 1. The van der Waals surface area contributed by atoms with Crippen molar-refractivity contribution < 1.29 is 13.7 Å². The highest BCUT2D eigenvalue weighted by atomic mass is 19.1. The van der Waals surface area contributed by atoms with Gasteiger partial charge in [-0.1, -0.05) is 23.7 Å². The summed E-state index contributed by atoms with van der Waals surface area (Å²) in [6, 6.07) is 7.38. The van der Waals surface area contributed by atoms with Crippen LogP contribution in [0.5, 0.6) is 0 Å². The van der Waals surface area contributed by atoms with Crippen molar-refractivity contribution in [1.29, 1.82) is 0 Å². The first kappa shape index (κ1) is 16.7. The molecule has 25 heavy (non-hydrogen) atoms. The molecule has 0 amide bonds. The van der Waals surface area contributed by atoms with Crippen LogP contribution in [-0.2, 0) is 4.74 Å². The van der Waals surface area contributed by atoms with E-state index in [-0.39, 0.29) is 18.0 Å². The van der Waals surface area contributed by atoms with Crippen LogP contribution in [0.25, 0.3) is 0 Å². The van der Waals surface area contributed by atoms with Crippen molar-refractivity contribution in [3.8, 4) is 0 Å². The molecule has 0 radical (unpaired) electrons. The number of nitrogens with one attached hydrogen (secondary N) is 1. The molecule has 2 fully saturated rings.